The Bertz CT molecular complexity index is 672. The van der Waals surface area contributed by atoms with Crippen molar-refractivity contribution in [3.8, 4) is 5.75 Å². The molecule has 0 radical (unpaired) electrons. The lowest BCUT2D eigenvalue weighted by molar-refractivity contribution is -0.123. The summed E-state index contributed by atoms with van der Waals surface area (Å²) in [5, 5.41) is 3.14. The molecule has 0 aromatic heterocycles. The lowest BCUT2D eigenvalue weighted by Gasteiger charge is -2.18. The summed E-state index contributed by atoms with van der Waals surface area (Å²) in [6, 6.07) is 3.56. The van der Waals surface area contributed by atoms with Crippen molar-refractivity contribution in [1.82, 2.24) is 10.0 Å². The topological polar surface area (TPSA) is 84.5 Å². The predicted molar refractivity (Wildman–Crippen MR) is 88.2 cm³/mol. The highest BCUT2D eigenvalue weighted by Gasteiger charge is 2.27. The van der Waals surface area contributed by atoms with Crippen molar-refractivity contribution in [1.29, 1.82) is 0 Å². The number of hydrogen-bond donors (Lipinski definition) is 2. The molecule has 1 amide bonds. The molecule has 0 saturated heterocycles. The first-order chi connectivity index (χ1) is 10.8. The third kappa shape index (κ3) is 4.59. The van der Waals surface area contributed by atoms with Crippen LogP contribution in [0.5, 0.6) is 5.75 Å². The number of ether oxygens (including phenoxy) is 1. The van der Waals surface area contributed by atoms with E-state index in [1.807, 2.05) is 0 Å². The molecule has 1 aromatic rings. The van der Waals surface area contributed by atoms with Gasteiger partial charge in [0.25, 0.3) is 0 Å². The second-order valence-corrected chi connectivity index (χ2v) is 7.75. The maximum atomic E-state index is 12.5. The summed E-state index contributed by atoms with van der Waals surface area (Å²) in [4.78, 5) is 12.0. The van der Waals surface area contributed by atoms with E-state index in [2.05, 4.69) is 10.0 Å². The first-order valence-electron chi connectivity index (χ1n) is 7.49. The Morgan fingerprint density at radius 1 is 1.35 bits per heavy atom. The number of methoxy groups -OCH3 is 1. The van der Waals surface area contributed by atoms with Gasteiger partial charge in [-0.15, -0.1) is 0 Å². The maximum absolute atomic E-state index is 12.5. The van der Waals surface area contributed by atoms with Gasteiger partial charge in [0.2, 0.25) is 15.9 Å². The third-order valence-electron chi connectivity index (χ3n) is 3.84. The number of benzene rings is 1. The maximum Gasteiger partial charge on any atom is 0.245 e. The van der Waals surface area contributed by atoms with E-state index in [0.29, 0.717) is 0 Å². The molecule has 6 nitrogen and oxygen atoms in total. The van der Waals surface area contributed by atoms with Gasteiger partial charge in [0.05, 0.1) is 13.2 Å². The average molecular weight is 361 g/mol. The Kier molecular flexibility index (Phi) is 5.89. The number of halogens is 1. The summed E-state index contributed by atoms with van der Waals surface area (Å²) in [7, 11) is -2.55. The van der Waals surface area contributed by atoms with Crippen molar-refractivity contribution in [2.24, 2.45) is 0 Å². The molecule has 0 bridgehead atoms. The largest absolute Gasteiger partial charge is 0.495 e. The van der Waals surface area contributed by atoms with Crippen LogP contribution in [0.1, 0.15) is 32.6 Å². The zero-order chi connectivity index (χ0) is 17.0. The number of carbonyl (C=O) groups is 1. The van der Waals surface area contributed by atoms with Crippen molar-refractivity contribution in [2.75, 3.05) is 7.11 Å². The summed E-state index contributed by atoms with van der Waals surface area (Å²) >= 11 is 5.87. The Labute approximate surface area is 141 Å². The van der Waals surface area contributed by atoms with Crippen LogP contribution < -0.4 is 14.8 Å². The lowest BCUT2D eigenvalue weighted by Crippen LogP contribution is -2.47. The summed E-state index contributed by atoms with van der Waals surface area (Å²) < 4.78 is 32.4. The minimum atomic E-state index is -3.92. The first kappa shape index (κ1) is 18.0. The smallest absolute Gasteiger partial charge is 0.245 e. The molecule has 1 aliphatic carbocycles. The zero-order valence-corrected chi connectivity index (χ0v) is 14.7. The van der Waals surface area contributed by atoms with Gasteiger partial charge in [-0.05, 0) is 38.0 Å². The molecule has 2 N–H and O–H groups in total. The van der Waals surface area contributed by atoms with Crippen molar-refractivity contribution in [2.45, 2.75) is 49.6 Å². The van der Waals surface area contributed by atoms with Crippen LogP contribution in [0.4, 0.5) is 0 Å². The molecular formula is C15H21ClN2O4S. The van der Waals surface area contributed by atoms with Crippen LogP contribution in [0.15, 0.2) is 23.1 Å². The molecule has 23 heavy (non-hydrogen) atoms. The Balaban J connectivity index is 2.10. The second-order valence-electron chi connectivity index (χ2n) is 5.63. The summed E-state index contributed by atoms with van der Waals surface area (Å²) in [6.07, 6.45) is 4.05. The van der Waals surface area contributed by atoms with E-state index in [9.17, 15) is 13.2 Å². The molecule has 128 valence electrons. The van der Waals surface area contributed by atoms with E-state index in [-0.39, 0.29) is 27.6 Å². The Hall–Kier alpha value is -1.31. The standard InChI is InChI=1S/C15H21ClN2O4S/c1-10(15(19)17-12-5-3-4-6-12)18-23(20,21)14-9-11(16)7-8-13(14)22-2/h7-10,12,18H,3-6H2,1-2H3,(H,17,19)/t10-/m1/s1. The summed E-state index contributed by atoms with van der Waals surface area (Å²) in [6.45, 7) is 1.51. The average Bonchev–Trinajstić information content (AvgIpc) is 2.99. The summed E-state index contributed by atoms with van der Waals surface area (Å²) in [5.74, 6) is -0.160. The van der Waals surface area contributed by atoms with E-state index in [4.69, 9.17) is 16.3 Å². The van der Waals surface area contributed by atoms with Gasteiger partial charge >= 0.3 is 0 Å². The Morgan fingerprint density at radius 3 is 2.61 bits per heavy atom. The number of hydrogen-bond acceptors (Lipinski definition) is 4. The van der Waals surface area contributed by atoms with Gasteiger partial charge in [-0.2, -0.15) is 4.72 Å². The molecule has 1 aromatic carbocycles. The zero-order valence-electron chi connectivity index (χ0n) is 13.1. The molecule has 0 spiro atoms. The number of amides is 1. The highest BCUT2D eigenvalue weighted by Crippen LogP contribution is 2.27. The van der Waals surface area contributed by atoms with Crippen molar-refractivity contribution in [3.63, 3.8) is 0 Å². The van der Waals surface area contributed by atoms with Gasteiger partial charge in [0.15, 0.2) is 0 Å². The molecule has 8 heteroatoms. The molecule has 0 heterocycles. The highest BCUT2D eigenvalue weighted by atomic mass is 35.5. The van der Waals surface area contributed by atoms with Crippen LogP contribution in [0.3, 0.4) is 0 Å². The fraction of sp³-hybridized carbons (Fsp3) is 0.533. The number of sulfonamides is 1. The number of rotatable bonds is 6. The normalized spacial score (nSPS) is 17.0. The molecule has 1 saturated carbocycles. The van der Waals surface area contributed by atoms with Gasteiger partial charge in [0.1, 0.15) is 10.6 Å². The quantitative estimate of drug-likeness (QED) is 0.813. The van der Waals surface area contributed by atoms with Gasteiger partial charge in [0, 0.05) is 11.1 Å². The molecule has 1 atom stereocenters. The van der Waals surface area contributed by atoms with Crippen LogP contribution in [0.25, 0.3) is 0 Å². The van der Waals surface area contributed by atoms with Crippen molar-refractivity contribution < 1.29 is 17.9 Å². The SMILES string of the molecule is COc1ccc(Cl)cc1S(=O)(=O)N[C@H](C)C(=O)NC1CCCC1. The predicted octanol–water partition coefficient (Wildman–Crippen LogP) is 2.07. The van der Waals surface area contributed by atoms with E-state index < -0.39 is 16.1 Å². The van der Waals surface area contributed by atoms with E-state index in [1.54, 1.807) is 0 Å². The minimum Gasteiger partial charge on any atom is -0.495 e. The first-order valence-corrected chi connectivity index (χ1v) is 9.36. The fourth-order valence-corrected chi connectivity index (χ4v) is 4.24. The molecule has 2 rings (SSSR count). The molecule has 0 unspecified atom stereocenters. The van der Waals surface area contributed by atoms with Crippen LogP contribution in [-0.4, -0.2) is 33.5 Å². The monoisotopic (exact) mass is 360 g/mol. The minimum absolute atomic E-state index is 0.0898. The van der Waals surface area contributed by atoms with E-state index >= 15 is 0 Å². The van der Waals surface area contributed by atoms with Crippen LogP contribution >= 0.6 is 11.6 Å². The molecule has 0 aliphatic heterocycles. The number of nitrogens with one attached hydrogen (secondary N) is 2. The Morgan fingerprint density at radius 2 is 2.00 bits per heavy atom. The molecular weight excluding hydrogens is 340 g/mol. The van der Waals surface area contributed by atoms with Crippen molar-refractivity contribution >= 4 is 27.5 Å². The molecule has 1 fully saturated rings. The van der Waals surface area contributed by atoms with E-state index in [0.717, 1.165) is 25.7 Å². The van der Waals surface area contributed by atoms with Crippen LogP contribution in [0.2, 0.25) is 5.02 Å². The molecule has 1 aliphatic rings. The lowest BCUT2D eigenvalue weighted by atomic mass is 10.2. The number of carbonyl (C=O) groups excluding carboxylic acids is 1. The third-order valence-corrected chi connectivity index (χ3v) is 5.64. The highest BCUT2D eigenvalue weighted by molar-refractivity contribution is 7.89. The van der Waals surface area contributed by atoms with E-state index in [1.165, 1.54) is 32.2 Å². The van der Waals surface area contributed by atoms with Gasteiger partial charge in [-0.1, -0.05) is 24.4 Å². The summed E-state index contributed by atoms with van der Waals surface area (Å²) in [5.41, 5.74) is 0. The fourth-order valence-electron chi connectivity index (χ4n) is 2.61. The van der Waals surface area contributed by atoms with Crippen LogP contribution in [0, 0.1) is 0 Å². The van der Waals surface area contributed by atoms with Gasteiger partial charge < -0.3 is 10.1 Å². The van der Waals surface area contributed by atoms with Gasteiger partial charge in [-0.25, -0.2) is 8.42 Å². The second kappa shape index (κ2) is 7.51. The van der Waals surface area contributed by atoms with Crippen molar-refractivity contribution in [3.05, 3.63) is 23.2 Å². The van der Waals surface area contributed by atoms with Crippen LogP contribution in [-0.2, 0) is 14.8 Å². The van der Waals surface area contributed by atoms with Gasteiger partial charge in [-0.3, -0.25) is 4.79 Å².